The highest BCUT2D eigenvalue weighted by atomic mass is 16.5. The Morgan fingerprint density at radius 2 is 2.31 bits per heavy atom. The van der Waals surface area contributed by atoms with Gasteiger partial charge in [-0.05, 0) is 6.07 Å². The maximum atomic E-state index is 10.2. The summed E-state index contributed by atoms with van der Waals surface area (Å²) < 4.78 is 7.01. The number of aryl methyl sites for hydroxylation is 1. The van der Waals surface area contributed by atoms with E-state index in [0.29, 0.717) is 39.1 Å². The molecule has 0 radical (unpaired) electrons. The fourth-order valence-electron chi connectivity index (χ4n) is 1.91. The average Bonchev–Trinajstić information content (AvgIpc) is 2.65. The van der Waals surface area contributed by atoms with Crippen LogP contribution in [0.2, 0.25) is 0 Å². The first-order chi connectivity index (χ1) is 7.68. The summed E-state index contributed by atoms with van der Waals surface area (Å²) in [6.07, 6.45) is 3.34. The number of rotatable bonds is 4. The van der Waals surface area contributed by atoms with E-state index in [1.54, 1.807) is 4.68 Å². The standard InChI is InChI=1S/C11H19N3O2/c1-14-5-2-10(13-14)8-12-9-11(15)3-6-16-7-4-11/h2,5,12,15H,3-4,6-9H2,1H3. The van der Waals surface area contributed by atoms with Crippen LogP contribution in [0.5, 0.6) is 0 Å². The first kappa shape index (κ1) is 11.6. The fraction of sp³-hybridized carbons (Fsp3) is 0.727. The van der Waals surface area contributed by atoms with E-state index in [0.717, 1.165) is 5.69 Å². The monoisotopic (exact) mass is 225 g/mol. The Labute approximate surface area is 95.4 Å². The molecule has 1 aromatic rings. The Morgan fingerprint density at radius 1 is 1.56 bits per heavy atom. The molecule has 0 bridgehead atoms. The highest BCUT2D eigenvalue weighted by molar-refractivity contribution is 4.98. The highest BCUT2D eigenvalue weighted by Gasteiger charge is 2.29. The van der Waals surface area contributed by atoms with Gasteiger partial charge in [0.2, 0.25) is 0 Å². The minimum absolute atomic E-state index is 0.604. The molecule has 2 rings (SSSR count). The molecule has 1 aliphatic rings. The van der Waals surface area contributed by atoms with Crippen molar-refractivity contribution in [3.8, 4) is 0 Å². The van der Waals surface area contributed by atoms with Gasteiger partial charge < -0.3 is 15.2 Å². The molecule has 1 saturated heterocycles. The van der Waals surface area contributed by atoms with Gasteiger partial charge in [-0.25, -0.2) is 0 Å². The Bertz CT molecular complexity index is 332. The van der Waals surface area contributed by atoms with Crippen molar-refractivity contribution in [3.63, 3.8) is 0 Å². The molecule has 1 fully saturated rings. The Morgan fingerprint density at radius 3 is 2.94 bits per heavy atom. The third kappa shape index (κ3) is 3.04. The second-order valence-corrected chi connectivity index (χ2v) is 4.42. The number of ether oxygens (including phenoxy) is 1. The second-order valence-electron chi connectivity index (χ2n) is 4.42. The molecule has 0 saturated carbocycles. The summed E-state index contributed by atoms with van der Waals surface area (Å²) in [7, 11) is 1.90. The van der Waals surface area contributed by atoms with Crippen LogP contribution in [0, 0.1) is 0 Å². The topological polar surface area (TPSA) is 59.3 Å². The van der Waals surface area contributed by atoms with Crippen molar-refractivity contribution in [2.45, 2.75) is 25.0 Å². The molecule has 2 N–H and O–H groups in total. The van der Waals surface area contributed by atoms with Crippen molar-refractivity contribution in [1.82, 2.24) is 15.1 Å². The van der Waals surface area contributed by atoms with Crippen LogP contribution in [-0.2, 0) is 18.3 Å². The molecule has 0 amide bonds. The maximum absolute atomic E-state index is 10.2. The summed E-state index contributed by atoms with van der Waals surface area (Å²) in [4.78, 5) is 0. The highest BCUT2D eigenvalue weighted by Crippen LogP contribution is 2.19. The quantitative estimate of drug-likeness (QED) is 0.760. The van der Waals surface area contributed by atoms with Crippen molar-refractivity contribution in [2.75, 3.05) is 19.8 Å². The van der Waals surface area contributed by atoms with Crippen LogP contribution in [-0.4, -0.2) is 40.2 Å². The van der Waals surface area contributed by atoms with E-state index in [1.165, 1.54) is 0 Å². The van der Waals surface area contributed by atoms with Crippen LogP contribution in [0.15, 0.2) is 12.3 Å². The van der Waals surface area contributed by atoms with Crippen LogP contribution in [0.1, 0.15) is 18.5 Å². The minimum Gasteiger partial charge on any atom is -0.388 e. The molecule has 5 nitrogen and oxygen atoms in total. The predicted octanol–water partition coefficient (Wildman–Crippen LogP) is 0.0512. The van der Waals surface area contributed by atoms with Crippen LogP contribution in [0.4, 0.5) is 0 Å². The predicted molar refractivity (Wildman–Crippen MR) is 59.9 cm³/mol. The Balaban J connectivity index is 1.74. The molecular formula is C11H19N3O2. The number of nitrogens with one attached hydrogen (secondary N) is 1. The number of aromatic nitrogens is 2. The molecular weight excluding hydrogens is 206 g/mol. The maximum Gasteiger partial charge on any atom is 0.0815 e. The molecule has 0 atom stereocenters. The number of aliphatic hydroxyl groups is 1. The van der Waals surface area contributed by atoms with Gasteiger partial charge >= 0.3 is 0 Å². The number of hydrogen-bond acceptors (Lipinski definition) is 4. The minimum atomic E-state index is -0.604. The smallest absolute Gasteiger partial charge is 0.0815 e. The molecule has 90 valence electrons. The van der Waals surface area contributed by atoms with Crippen molar-refractivity contribution in [1.29, 1.82) is 0 Å². The lowest BCUT2D eigenvalue weighted by Gasteiger charge is -2.32. The van der Waals surface area contributed by atoms with Crippen molar-refractivity contribution in [2.24, 2.45) is 7.05 Å². The van der Waals surface area contributed by atoms with E-state index >= 15 is 0 Å². The summed E-state index contributed by atoms with van der Waals surface area (Å²) in [5.74, 6) is 0. The molecule has 1 aromatic heterocycles. The fourth-order valence-corrected chi connectivity index (χ4v) is 1.91. The molecule has 5 heteroatoms. The lowest BCUT2D eigenvalue weighted by Crippen LogP contribution is -2.44. The van der Waals surface area contributed by atoms with Crippen LogP contribution in [0.3, 0.4) is 0 Å². The molecule has 1 aliphatic heterocycles. The summed E-state index contributed by atoms with van der Waals surface area (Å²) in [6.45, 7) is 2.61. The van der Waals surface area contributed by atoms with Gasteiger partial charge in [0.15, 0.2) is 0 Å². The zero-order valence-corrected chi connectivity index (χ0v) is 9.65. The summed E-state index contributed by atoms with van der Waals surface area (Å²) in [6, 6.07) is 1.97. The van der Waals surface area contributed by atoms with E-state index in [2.05, 4.69) is 10.4 Å². The molecule has 16 heavy (non-hydrogen) atoms. The first-order valence-corrected chi connectivity index (χ1v) is 5.67. The average molecular weight is 225 g/mol. The van der Waals surface area contributed by atoms with Gasteiger partial charge in [-0.2, -0.15) is 5.10 Å². The van der Waals surface area contributed by atoms with Gasteiger partial charge in [0, 0.05) is 52.4 Å². The summed E-state index contributed by atoms with van der Waals surface area (Å²) in [5.41, 5.74) is 0.394. The third-order valence-electron chi connectivity index (χ3n) is 2.95. The normalized spacial score (nSPS) is 19.9. The lowest BCUT2D eigenvalue weighted by atomic mass is 9.94. The van der Waals surface area contributed by atoms with Crippen molar-refractivity contribution in [3.05, 3.63) is 18.0 Å². The molecule has 0 unspecified atom stereocenters. The summed E-state index contributed by atoms with van der Waals surface area (Å²) >= 11 is 0. The van der Waals surface area contributed by atoms with Gasteiger partial charge in [0.1, 0.15) is 0 Å². The molecule has 0 aliphatic carbocycles. The van der Waals surface area contributed by atoms with Crippen molar-refractivity contribution < 1.29 is 9.84 Å². The van der Waals surface area contributed by atoms with Crippen LogP contribution in [0.25, 0.3) is 0 Å². The lowest BCUT2D eigenvalue weighted by molar-refractivity contribution is -0.0617. The van der Waals surface area contributed by atoms with Gasteiger partial charge in [0.05, 0.1) is 11.3 Å². The van der Waals surface area contributed by atoms with E-state index in [4.69, 9.17) is 4.74 Å². The Kier molecular flexibility index (Phi) is 3.58. The van der Waals surface area contributed by atoms with Crippen LogP contribution >= 0.6 is 0 Å². The molecule has 0 aromatic carbocycles. The molecule has 0 spiro atoms. The van der Waals surface area contributed by atoms with Crippen molar-refractivity contribution >= 4 is 0 Å². The van der Waals surface area contributed by atoms with E-state index in [9.17, 15) is 5.11 Å². The second kappa shape index (κ2) is 4.95. The van der Waals surface area contributed by atoms with Gasteiger partial charge in [-0.3, -0.25) is 4.68 Å². The number of nitrogens with zero attached hydrogens (tertiary/aromatic N) is 2. The molecule has 2 heterocycles. The first-order valence-electron chi connectivity index (χ1n) is 5.67. The number of hydrogen-bond donors (Lipinski definition) is 2. The summed E-state index contributed by atoms with van der Waals surface area (Å²) in [5, 5.41) is 17.7. The Hall–Kier alpha value is -0.910. The zero-order chi connectivity index (χ0) is 11.4. The largest absolute Gasteiger partial charge is 0.388 e. The van der Waals surface area contributed by atoms with Gasteiger partial charge in [-0.1, -0.05) is 0 Å². The van der Waals surface area contributed by atoms with Crippen LogP contribution < -0.4 is 5.32 Å². The van der Waals surface area contributed by atoms with Gasteiger partial charge in [0.25, 0.3) is 0 Å². The van der Waals surface area contributed by atoms with Gasteiger partial charge in [-0.15, -0.1) is 0 Å². The van der Waals surface area contributed by atoms with E-state index in [1.807, 2.05) is 19.3 Å². The zero-order valence-electron chi connectivity index (χ0n) is 9.65. The SMILES string of the molecule is Cn1ccc(CNCC2(O)CCOCC2)n1. The third-order valence-corrected chi connectivity index (χ3v) is 2.95. The van der Waals surface area contributed by atoms with E-state index < -0.39 is 5.60 Å². The van der Waals surface area contributed by atoms with E-state index in [-0.39, 0.29) is 0 Å².